The number of hydrogen-bond acceptors (Lipinski definition) is 9. The molecule has 1 saturated carbocycles. The van der Waals surface area contributed by atoms with Crippen molar-refractivity contribution in [1.29, 1.82) is 0 Å². The fourth-order valence-electron chi connectivity index (χ4n) is 6.70. The van der Waals surface area contributed by atoms with Crippen LogP contribution in [0.5, 0.6) is 5.75 Å². The first-order valence-corrected chi connectivity index (χ1v) is 13.7. The second kappa shape index (κ2) is 10.4. The number of hydrogen-bond donors (Lipinski definition) is 6. The molecular formula is C31H33N3O8. The van der Waals surface area contributed by atoms with Gasteiger partial charge in [0.15, 0.2) is 11.4 Å². The topological polar surface area (TPSA) is 190 Å². The Morgan fingerprint density at radius 1 is 1.12 bits per heavy atom. The number of aliphatic hydroxyl groups excluding tert-OH is 2. The van der Waals surface area contributed by atoms with Crippen molar-refractivity contribution in [2.75, 3.05) is 14.1 Å². The van der Waals surface area contributed by atoms with Gasteiger partial charge in [0.1, 0.15) is 22.8 Å². The van der Waals surface area contributed by atoms with Crippen LogP contribution >= 0.6 is 0 Å². The highest BCUT2D eigenvalue weighted by molar-refractivity contribution is 6.24. The number of carbonyl (C=O) groups is 4. The molecule has 5 rings (SSSR count). The molecule has 0 bridgehead atoms. The second-order valence-electron chi connectivity index (χ2n) is 11.2. The number of benzene rings is 2. The van der Waals surface area contributed by atoms with Crippen LogP contribution in [0.3, 0.4) is 0 Å². The Balaban J connectivity index is 1.75. The minimum absolute atomic E-state index is 0.00490. The molecule has 0 aliphatic heterocycles. The minimum atomic E-state index is -2.71. The Bertz CT molecular complexity index is 1590. The van der Waals surface area contributed by atoms with E-state index in [9.17, 15) is 39.6 Å². The van der Waals surface area contributed by atoms with Crippen LogP contribution in [-0.4, -0.2) is 74.4 Å². The van der Waals surface area contributed by atoms with E-state index >= 15 is 0 Å². The molecule has 42 heavy (non-hydrogen) atoms. The third-order valence-corrected chi connectivity index (χ3v) is 8.68. The molecule has 0 heterocycles. The third-order valence-electron chi connectivity index (χ3n) is 8.68. The number of likely N-dealkylation sites (N-methyl/N-ethyl adjacent to an activating group) is 1. The molecule has 2 amide bonds. The van der Waals surface area contributed by atoms with Crippen LogP contribution in [0, 0.1) is 11.8 Å². The Labute approximate surface area is 241 Å². The number of phenolic OH excluding ortho intramolecular Hbond substituents is 1. The zero-order valence-corrected chi connectivity index (χ0v) is 23.5. The van der Waals surface area contributed by atoms with Gasteiger partial charge >= 0.3 is 0 Å². The lowest BCUT2D eigenvalue weighted by atomic mass is 9.57. The largest absolute Gasteiger partial charge is 0.508 e. The fraction of sp³-hybridized carbons (Fsp3) is 0.355. The number of nitrogens with two attached hydrogens (primary N) is 1. The van der Waals surface area contributed by atoms with Gasteiger partial charge in [-0.15, -0.1) is 0 Å². The van der Waals surface area contributed by atoms with Crippen LogP contribution in [-0.2, 0) is 32.1 Å². The average molecular weight is 576 g/mol. The number of ketones is 2. The van der Waals surface area contributed by atoms with Gasteiger partial charge in [0.25, 0.3) is 5.91 Å². The molecule has 3 aliphatic rings. The second-order valence-corrected chi connectivity index (χ2v) is 11.2. The van der Waals surface area contributed by atoms with Gasteiger partial charge < -0.3 is 31.5 Å². The Hall–Kier alpha value is -4.48. The summed E-state index contributed by atoms with van der Waals surface area (Å²) in [6.07, 6.45) is 0.381. The van der Waals surface area contributed by atoms with Crippen molar-refractivity contribution in [3.05, 3.63) is 70.0 Å². The summed E-state index contributed by atoms with van der Waals surface area (Å²) in [6, 6.07) is 9.81. The van der Waals surface area contributed by atoms with Crippen molar-refractivity contribution in [1.82, 2.24) is 10.2 Å². The number of primary amides is 1. The van der Waals surface area contributed by atoms with E-state index in [1.54, 1.807) is 27.1 Å². The fourth-order valence-corrected chi connectivity index (χ4v) is 6.70. The van der Waals surface area contributed by atoms with Crippen LogP contribution in [0.15, 0.2) is 53.3 Å². The highest BCUT2D eigenvalue weighted by atomic mass is 16.3. The van der Waals surface area contributed by atoms with Crippen LogP contribution in [0.1, 0.15) is 36.5 Å². The van der Waals surface area contributed by atoms with E-state index in [2.05, 4.69) is 5.32 Å². The van der Waals surface area contributed by atoms with E-state index in [-0.39, 0.29) is 48.6 Å². The van der Waals surface area contributed by atoms with Gasteiger partial charge in [-0.05, 0) is 55.6 Å². The summed E-state index contributed by atoms with van der Waals surface area (Å²) in [5.74, 6) is -7.32. The highest BCUT2D eigenvalue weighted by Gasteiger charge is 2.64. The van der Waals surface area contributed by atoms with E-state index in [0.29, 0.717) is 16.7 Å². The number of fused-ring (bicyclic) bond motifs is 3. The van der Waals surface area contributed by atoms with E-state index in [1.165, 1.54) is 4.90 Å². The van der Waals surface area contributed by atoms with Gasteiger partial charge in [-0.25, -0.2) is 0 Å². The van der Waals surface area contributed by atoms with Crippen molar-refractivity contribution in [3.8, 4) is 16.9 Å². The predicted octanol–water partition coefficient (Wildman–Crippen LogP) is 1.66. The molecule has 0 radical (unpaired) electrons. The van der Waals surface area contributed by atoms with Crippen LogP contribution in [0.2, 0.25) is 0 Å². The van der Waals surface area contributed by atoms with Crippen molar-refractivity contribution < 1.29 is 39.6 Å². The standard InChI is InChI=1S/C31H33N3O8/c1-4-20(35)33-13-16-11-17(14-8-6-5-7-9-14)18-10-15-12-19-24(34(2)3)27(38)23(30(32)41)29(40)31(19,42)28(39)21(15)26(37)22(18)25(16)36/h5-9,11,15,19,24,36-37,40,42H,4,10,12-13H2,1-3H3,(H2,32,41)(H,33,35). The molecule has 0 aromatic heterocycles. The molecule has 11 nitrogen and oxygen atoms in total. The normalized spacial score (nSPS) is 25.2. The lowest BCUT2D eigenvalue weighted by Gasteiger charge is -2.50. The number of carbonyl (C=O) groups excluding carboxylic acids is 4. The maximum Gasteiger partial charge on any atom is 0.255 e. The van der Waals surface area contributed by atoms with Gasteiger partial charge in [-0.1, -0.05) is 37.3 Å². The summed E-state index contributed by atoms with van der Waals surface area (Å²) >= 11 is 0. The molecule has 3 aliphatic carbocycles. The van der Waals surface area contributed by atoms with Crippen molar-refractivity contribution in [2.24, 2.45) is 17.6 Å². The number of aliphatic hydroxyl groups is 3. The monoisotopic (exact) mass is 575 g/mol. The Morgan fingerprint density at radius 3 is 2.38 bits per heavy atom. The van der Waals surface area contributed by atoms with E-state index in [0.717, 1.165) is 5.56 Å². The molecule has 0 saturated heterocycles. The number of rotatable bonds is 6. The summed E-state index contributed by atoms with van der Waals surface area (Å²) < 4.78 is 0. The van der Waals surface area contributed by atoms with Gasteiger partial charge in [0, 0.05) is 30.0 Å². The Kier molecular flexibility index (Phi) is 7.20. The third kappa shape index (κ3) is 4.19. The molecule has 2 aromatic rings. The minimum Gasteiger partial charge on any atom is -0.508 e. The maximum atomic E-state index is 14.1. The van der Waals surface area contributed by atoms with E-state index in [1.807, 2.05) is 30.3 Å². The first-order valence-electron chi connectivity index (χ1n) is 13.7. The zero-order valence-electron chi connectivity index (χ0n) is 23.5. The Morgan fingerprint density at radius 2 is 1.79 bits per heavy atom. The number of amides is 2. The summed E-state index contributed by atoms with van der Waals surface area (Å²) in [7, 11) is 3.11. The molecule has 4 unspecified atom stereocenters. The lowest BCUT2D eigenvalue weighted by Crippen LogP contribution is -2.65. The van der Waals surface area contributed by atoms with Gasteiger partial charge in [-0.2, -0.15) is 0 Å². The molecule has 4 atom stereocenters. The van der Waals surface area contributed by atoms with Crippen molar-refractivity contribution >= 4 is 29.1 Å². The maximum absolute atomic E-state index is 14.1. The molecule has 220 valence electrons. The van der Waals surface area contributed by atoms with Crippen LogP contribution in [0.25, 0.3) is 16.9 Å². The quantitative estimate of drug-likeness (QED) is 0.278. The first-order chi connectivity index (χ1) is 19.8. The number of nitrogens with one attached hydrogen (secondary N) is 1. The summed E-state index contributed by atoms with van der Waals surface area (Å²) in [5, 5.41) is 48.6. The molecule has 7 N–H and O–H groups in total. The van der Waals surface area contributed by atoms with Crippen molar-refractivity contribution in [2.45, 2.75) is 44.4 Å². The average Bonchev–Trinajstić information content (AvgIpc) is 2.94. The zero-order chi connectivity index (χ0) is 30.7. The predicted molar refractivity (Wildman–Crippen MR) is 152 cm³/mol. The van der Waals surface area contributed by atoms with E-state index in [4.69, 9.17) is 5.73 Å². The molecule has 2 aromatic carbocycles. The molecular weight excluding hydrogens is 542 g/mol. The lowest BCUT2D eigenvalue weighted by molar-refractivity contribution is -0.153. The summed E-state index contributed by atoms with van der Waals surface area (Å²) in [5.41, 5.74) is 3.86. The molecule has 1 fully saturated rings. The van der Waals surface area contributed by atoms with Gasteiger partial charge in [0.05, 0.1) is 11.6 Å². The molecule has 0 spiro atoms. The highest BCUT2D eigenvalue weighted by Crippen LogP contribution is 2.54. The number of Topliss-reactive ketones (excluding diaryl/α,β-unsaturated/α-hetero) is 2. The summed E-state index contributed by atoms with van der Waals surface area (Å²) in [6.45, 7) is 1.64. The van der Waals surface area contributed by atoms with E-state index < -0.39 is 58.0 Å². The van der Waals surface area contributed by atoms with Crippen molar-refractivity contribution in [3.63, 3.8) is 0 Å². The van der Waals surface area contributed by atoms with Crippen LogP contribution in [0.4, 0.5) is 0 Å². The first kappa shape index (κ1) is 29.0. The number of aromatic hydroxyl groups is 1. The smallest absolute Gasteiger partial charge is 0.255 e. The number of nitrogens with zero attached hydrogens (tertiary/aromatic N) is 1. The number of phenols is 1. The molecule has 11 heteroatoms. The van der Waals surface area contributed by atoms with Crippen LogP contribution < -0.4 is 11.1 Å². The van der Waals surface area contributed by atoms with Gasteiger partial charge in [-0.3, -0.25) is 24.1 Å². The van der Waals surface area contributed by atoms with Gasteiger partial charge in [0.2, 0.25) is 11.7 Å². The summed E-state index contributed by atoms with van der Waals surface area (Å²) in [4.78, 5) is 53.0. The SMILES string of the molecule is CCC(=O)NCc1cc(-c2ccccc2)c2c(c1O)C(O)=C1C(=O)C3(O)C(O)=C(C(N)=O)C(=O)C(N(C)C)C3CC1C2.